The zero-order valence-corrected chi connectivity index (χ0v) is 11.8. The number of aromatic nitrogens is 1. The molecule has 3 heteroatoms. The first-order chi connectivity index (χ1) is 10.3. The molecule has 0 radical (unpaired) electrons. The predicted octanol–water partition coefficient (Wildman–Crippen LogP) is 5.90. The van der Waals surface area contributed by atoms with Gasteiger partial charge >= 0.3 is 0 Å². The van der Waals surface area contributed by atoms with Crippen LogP contribution < -0.4 is 0 Å². The van der Waals surface area contributed by atoms with E-state index < -0.39 is 0 Å². The lowest BCUT2D eigenvalue weighted by Crippen LogP contribution is -1.79. The van der Waals surface area contributed by atoms with Crippen LogP contribution in [0.1, 0.15) is 0 Å². The number of para-hydroxylation sites is 1. The summed E-state index contributed by atoms with van der Waals surface area (Å²) < 4.78 is 16.9. The molecule has 0 spiro atoms. The van der Waals surface area contributed by atoms with Crippen LogP contribution in [0.3, 0.4) is 0 Å². The summed E-state index contributed by atoms with van der Waals surface area (Å²) in [6, 6.07) is 19.9. The molecule has 0 bridgehead atoms. The van der Waals surface area contributed by atoms with Crippen LogP contribution in [0.25, 0.3) is 42.0 Å². The Morgan fingerprint density at radius 1 is 0.714 bits per heavy atom. The molecule has 5 rings (SSSR count). The molecular formula is C18H10FNS. The van der Waals surface area contributed by atoms with Gasteiger partial charge in [-0.3, -0.25) is 0 Å². The fraction of sp³-hybridized carbons (Fsp3) is 0. The normalized spacial score (nSPS) is 12.0. The Morgan fingerprint density at radius 2 is 1.48 bits per heavy atom. The van der Waals surface area contributed by atoms with Crippen LogP contribution in [0.2, 0.25) is 0 Å². The molecule has 3 aromatic carbocycles. The maximum Gasteiger partial charge on any atom is 0.0840 e. The highest BCUT2D eigenvalue weighted by molar-refractivity contribution is 7.26. The van der Waals surface area contributed by atoms with Crippen molar-refractivity contribution in [2.45, 2.75) is 0 Å². The van der Waals surface area contributed by atoms with Crippen LogP contribution in [0.15, 0.2) is 60.7 Å². The van der Waals surface area contributed by atoms with E-state index in [9.17, 15) is 4.48 Å². The molecule has 0 saturated carbocycles. The summed E-state index contributed by atoms with van der Waals surface area (Å²) in [4.78, 5) is 0.800. The Labute approximate surface area is 123 Å². The SMILES string of the molecule is Fn1c2ccccc2c2c3sc4ccccc4c3ccc21. The van der Waals surface area contributed by atoms with E-state index in [0.717, 1.165) is 15.6 Å². The number of halogens is 1. The van der Waals surface area contributed by atoms with Crippen LogP contribution in [-0.2, 0) is 0 Å². The molecule has 0 aliphatic carbocycles. The molecule has 0 amide bonds. The van der Waals surface area contributed by atoms with Crippen LogP contribution in [0.4, 0.5) is 4.48 Å². The summed E-state index contributed by atoms with van der Waals surface area (Å²) >= 11 is 1.74. The minimum absolute atomic E-state index is 0.637. The largest absolute Gasteiger partial charge is 0.178 e. The Kier molecular flexibility index (Phi) is 2.06. The predicted molar refractivity (Wildman–Crippen MR) is 88.8 cm³/mol. The van der Waals surface area contributed by atoms with Gasteiger partial charge in [0.2, 0.25) is 0 Å². The lowest BCUT2D eigenvalue weighted by molar-refractivity contribution is 0.405. The first-order valence-corrected chi connectivity index (χ1v) is 7.66. The third-order valence-electron chi connectivity index (χ3n) is 4.12. The van der Waals surface area contributed by atoms with Gasteiger partial charge < -0.3 is 0 Å². The van der Waals surface area contributed by atoms with E-state index in [4.69, 9.17) is 0 Å². The van der Waals surface area contributed by atoms with E-state index in [2.05, 4.69) is 18.2 Å². The van der Waals surface area contributed by atoms with Gasteiger partial charge in [-0.1, -0.05) is 46.9 Å². The average Bonchev–Trinajstić information content (AvgIpc) is 3.04. The first kappa shape index (κ1) is 11.3. The molecule has 0 unspecified atom stereocenters. The van der Waals surface area contributed by atoms with Crippen molar-refractivity contribution in [3.8, 4) is 0 Å². The lowest BCUT2D eigenvalue weighted by Gasteiger charge is -1.95. The Morgan fingerprint density at radius 3 is 2.38 bits per heavy atom. The minimum Gasteiger partial charge on any atom is -0.178 e. The number of fused-ring (bicyclic) bond motifs is 7. The molecule has 1 nitrogen and oxygen atoms in total. The first-order valence-electron chi connectivity index (χ1n) is 6.84. The molecule has 5 aromatic rings. The van der Waals surface area contributed by atoms with Crippen molar-refractivity contribution in [1.82, 2.24) is 4.79 Å². The number of thiophene rings is 1. The summed E-state index contributed by atoms with van der Waals surface area (Å²) in [5.41, 5.74) is 1.28. The third kappa shape index (κ3) is 1.34. The molecule has 2 aromatic heterocycles. The zero-order valence-electron chi connectivity index (χ0n) is 11.0. The van der Waals surface area contributed by atoms with E-state index >= 15 is 0 Å². The van der Waals surface area contributed by atoms with Gasteiger partial charge in [0.25, 0.3) is 0 Å². The molecule has 0 N–H and O–H groups in total. The van der Waals surface area contributed by atoms with Gasteiger partial charge in [0.05, 0.1) is 11.0 Å². The van der Waals surface area contributed by atoms with E-state index in [1.54, 1.807) is 11.3 Å². The molecule has 0 saturated heterocycles. The highest BCUT2D eigenvalue weighted by atomic mass is 32.1. The topological polar surface area (TPSA) is 4.93 Å². The molecule has 0 atom stereocenters. The van der Waals surface area contributed by atoms with Crippen LogP contribution in [0.5, 0.6) is 0 Å². The van der Waals surface area contributed by atoms with E-state index in [0.29, 0.717) is 11.0 Å². The van der Waals surface area contributed by atoms with Crippen molar-refractivity contribution in [3.05, 3.63) is 60.7 Å². The van der Waals surface area contributed by atoms with Crippen LogP contribution >= 0.6 is 11.3 Å². The molecule has 21 heavy (non-hydrogen) atoms. The van der Waals surface area contributed by atoms with Gasteiger partial charge in [-0.15, -0.1) is 11.3 Å². The number of rotatable bonds is 0. The zero-order chi connectivity index (χ0) is 14.0. The summed E-state index contributed by atoms with van der Waals surface area (Å²) in [5.74, 6) is 0. The van der Waals surface area contributed by atoms with Gasteiger partial charge in [0.1, 0.15) is 0 Å². The minimum atomic E-state index is 0.637. The second-order valence-corrected chi connectivity index (χ2v) is 6.28. The second-order valence-electron chi connectivity index (χ2n) is 5.23. The number of hydrogen-bond acceptors (Lipinski definition) is 1. The number of benzene rings is 3. The molecule has 0 aliphatic rings. The molecular weight excluding hydrogens is 281 g/mol. The lowest BCUT2D eigenvalue weighted by atomic mass is 10.1. The Hall–Kier alpha value is -2.39. The number of hydrogen-bond donors (Lipinski definition) is 0. The second kappa shape index (κ2) is 3.83. The van der Waals surface area contributed by atoms with E-state index in [-0.39, 0.29) is 0 Å². The van der Waals surface area contributed by atoms with Gasteiger partial charge in [0, 0.05) is 30.9 Å². The van der Waals surface area contributed by atoms with Crippen molar-refractivity contribution in [3.63, 3.8) is 0 Å². The van der Waals surface area contributed by atoms with Crippen LogP contribution in [0, 0.1) is 0 Å². The summed E-state index contributed by atoms with van der Waals surface area (Å²) in [5, 5.41) is 4.45. The van der Waals surface area contributed by atoms with E-state index in [1.807, 2.05) is 42.5 Å². The van der Waals surface area contributed by atoms with Gasteiger partial charge in [-0.2, -0.15) is 4.79 Å². The smallest absolute Gasteiger partial charge is 0.0840 e. The van der Waals surface area contributed by atoms with Gasteiger partial charge in [-0.25, -0.2) is 0 Å². The van der Waals surface area contributed by atoms with E-state index in [1.165, 1.54) is 20.2 Å². The maximum atomic E-state index is 14.5. The van der Waals surface area contributed by atoms with Crippen molar-refractivity contribution in [2.24, 2.45) is 0 Å². The number of nitrogens with zero attached hydrogens (tertiary/aromatic N) is 1. The third-order valence-corrected chi connectivity index (χ3v) is 5.33. The quantitative estimate of drug-likeness (QED) is 0.335. The average molecular weight is 291 g/mol. The van der Waals surface area contributed by atoms with Crippen molar-refractivity contribution >= 4 is 53.3 Å². The van der Waals surface area contributed by atoms with Gasteiger partial charge in [-0.05, 0) is 18.2 Å². The summed E-state index contributed by atoms with van der Waals surface area (Å²) in [6.45, 7) is 0. The Balaban J connectivity index is 2.16. The highest BCUT2D eigenvalue weighted by Crippen LogP contribution is 2.41. The fourth-order valence-electron chi connectivity index (χ4n) is 3.19. The summed E-state index contributed by atoms with van der Waals surface area (Å²) in [7, 11) is 0. The van der Waals surface area contributed by atoms with Crippen molar-refractivity contribution in [1.29, 1.82) is 0 Å². The maximum absolute atomic E-state index is 14.5. The molecule has 0 aliphatic heterocycles. The standard InChI is InChI=1S/C18H10FNS/c19-20-14-7-3-1-6-13(14)17-15(20)10-9-12-11-5-2-4-8-16(11)21-18(12)17/h1-10H. The summed E-state index contributed by atoms with van der Waals surface area (Å²) in [6.07, 6.45) is 0. The highest BCUT2D eigenvalue weighted by Gasteiger charge is 2.15. The van der Waals surface area contributed by atoms with Gasteiger partial charge in [0.15, 0.2) is 0 Å². The fourth-order valence-corrected chi connectivity index (χ4v) is 4.45. The van der Waals surface area contributed by atoms with Crippen molar-refractivity contribution in [2.75, 3.05) is 0 Å². The molecule has 0 fully saturated rings. The molecule has 2 heterocycles. The van der Waals surface area contributed by atoms with Crippen LogP contribution in [-0.4, -0.2) is 4.79 Å². The monoisotopic (exact) mass is 291 g/mol. The molecule has 100 valence electrons. The van der Waals surface area contributed by atoms with Crippen molar-refractivity contribution < 1.29 is 4.48 Å². The Bertz CT molecular complexity index is 1150.